The van der Waals surface area contributed by atoms with Gasteiger partial charge in [0.2, 0.25) is 0 Å². The molecule has 0 radical (unpaired) electrons. The topological polar surface area (TPSA) is 48.5 Å². The Morgan fingerprint density at radius 1 is 1.26 bits per heavy atom. The van der Waals surface area contributed by atoms with E-state index < -0.39 is 0 Å². The van der Waals surface area contributed by atoms with Gasteiger partial charge in [-0.2, -0.15) is 0 Å². The standard InChI is InChI=1S/C21H27ClN4O/c1-4-18-14-25(20-19(22)6-5-11-23-20)12-13-26(18)21(27)24-17-9-7-16(8-10-17)15(2)3/h5-11,15,18H,4,12-14H2,1-3H3,(H,24,27). The van der Waals surface area contributed by atoms with Crippen LogP contribution in [0.25, 0.3) is 0 Å². The number of nitrogens with zero attached hydrogens (tertiary/aromatic N) is 3. The molecule has 1 aliphatic heterocycles. The monoisotopic (exact) mass is 386 g/mol. The minimum absolute atomic E-state index is 0.0501. The maximum atomic E-state index is 12.8. The van der Waals surface area contributed by atoms with Crippen LogP contribution in [0.1, 0.15) is 38.7 Å². The first-order valence-corrected chi connectivity index (χ1v) is 9.90. The van der Waals surface area contributed by atoms with Gasteiger partial charge in [-0.3, -0.25) is 0 Å². The van der Waals surface area contributed by atoms with Crippen molar-refractivity contribution >= 4 is 29.1 Å². The molecular formula is C21H27ClN4O. The summed E-state index contributed by atoms with van der Waals surface area (Å²) in [5.41, 5.74) is 2.09. The highest BCUT2D eigenvalue weighted by molar-refractivity contribution is 6.32. The summed E-state index contributed by atoms with van der Waals surface area (Å²) < 4.78 is 0. The van der Waals surface area contributed by atoms with Crippen LogP contribution in [0.15, 0.2) is 42.6 Å². The lowest BCUT2D eigenvalue weighted by Gasteiger charge is -2.41. The second-order valence-electron chi connectivity index (χ2n) is 7.22. The van der Waals surface area contributed by atoms with Crippen molar-refractivity contribution in [1.29, 1.82) is 0 Å². The van der Waals surface area contributed by atoms with Crippen LogP contribution in [0.5, 0.6) is 0 Å². The van der Waals surface area contributed by atoms with E-state index in [1.165, 1.54) is 5.56 Å². The lowest BCUT2D eigenvalue weighted by Crippen LogP contribution is -2.56. The first-order valence-electron chi connectivity index (χ1n) is 9.52. The molecule has 1 atom stereocenters. The van der Waals surface area contributed by atoms with Crippen LogP contribution in [0.4, 0.5) is 16.3 Å². The average Bonchev–Trinajstić information content (AvgIpc) is 2.68. The molecule has 0 saturated carbocycles. The van der Waals surface area contributed by atoms with Gasteiger partial charge in [0.1, 0.15) is 5.82 Å². The van der Waals surface area contributed by atoms with Crippen molar-refractivity contribution in [3.8, 4) is 0 Å². The van der Waals surface area contributed by atoms with Crippen molar-refractivity contribution in [3.63, 3.8) is 0 Å². The summed E-state index contributed by atoms with van der Waals surface area (Å²) in [6.45, 7) is 8.51. The van der Waals surface area contributed by atoms with Crippen molar-refractivity contribution < 1.29 is 4.79 Å². The van der Waals surface area contributed by atoms with Crippen molar-refractivity contribution in [3.05, 3.63) is 53.2 Å². The molecule has 6 heteroatoms. The summed E-state index contributed by atoms with van der Waals surface area (Å²) in [7, 11) is 0. The SMILES string of the molecule is CCC1CN(c2ncccc2Cl)CCN1C(=O)Nc1ccc(C(C)C)cc1. The Bertz CT molecular complexity index is 778. The van der Waals surface area contributed by atoms with E-state index in [9.17, 15) is 4.79 Å². The molecule has 2 amide bonds. The fraction of sp³-hybridized carbons (Fsp3) is 0.429. The van der Waals surface area contributed by atoms with Crippen molar-refractivity contribution in [2.24, 2.45) is 0 Å². The number of benzene rings is 1. The van der Waals surface area contributed by atoms with Gasteiger partial charge in [-0.1, -0.05) is 44.5 Å². The van der Waals surface area contributed by atoms with E-state index >= 15 is 0 Å². The molecule has 144 valence electrons. The van der Waals surface area contributed by atoms with Crippen molar-refractivity contribution in [2.45, 2.75) is 39.2 Å². The molecular weight excluding hydrogens is 360 g/mol. The summed E-state index contributed by atoms with van der Waals surface area (Å²) in [6, 6.07) is 11.8. The molecule has 1 aliphatic rings. The Labute approximate surface area is 166 Å². The van der Waals surface area contributed by atoms with E-state index in [4.69, 9.17) is 11.6 Å². The van der Waals surface area contributed by atoms with Gasteiger partial charge in [0, 0.05) is 31.5 Å². The van der Waals surface area contributed by atoms with Gasteiger partial charge in [-0.15, -0.1) is 0 Å². The highest BCUT2D eigenvalue weighted by Crippen LogP contribution is 2.26. The van der Waals surface area contributed by atoms with E-state index in [-0.39, 0.29) is 12.1 Å². The average molecular weight is 387 g/mol. The Morgan fingerprint density at radius 3 is 2.63 bits per heavy atom. The van der Waals surface area contributed by atoms with E-state index in [2.05, 4.69) is 48.1 Å². The molecule has 5 nitrogen and oxygen atoms in total. The van der Waals surface area contributed by atoms with E-state index in [1.807, 2.05) is 29.2 Å². The number of aromatic nitrogens is 1. The predicted octanol–water partition coefficient (Wildman–Crippen LogP) is 4.99. The minimum atomic E-state index is -0.0501. The van der Waals surface area contributed by atoms with Crippen LogP contribution in [-0.2, 0) is 0 Å². The van der Waals surface area contributed by atoms with Gasteiger partial charge < -0.3 is 15.1 Å². The molecule has 1 saturated heterocycles. The van der Waals surface area contributed by atoms with Crippen molar-refractivity contribution in [1.82, 2.24) is 9.88 Å². The van der Waals surface area contributed by atoms with Crippen molar-refractivity contribution in [2.75, 3.05) is 29.9 Å². The molecule has 2 aromatic rings. The Hall–Kier alpha value is -2.27. The predicted molar refractivity (Wildman–Crippen MR) is 112 cm³/mol. The lowest BCUT2D eigenvalue weighted by molar-refractivity contribution is 0.176. The van der Waals surface area contributed by atoms with Crippen LogP contribution in [0.2, 0.25) is 5.02 Å². The number of halogens is 1. The molecule has 1 fully saturated rings. The zero-order valence-corrected chi connectivity index (χ0v) is 16.9. The van der Waals surface area contributed by atoms with E-state index in [1.54, 1.807) is 6.20 Å². The van der Waals surface area contributed by atoms with E-state index in [0.29, 0.717) is 24.0 Å². The van der Waals surface area contributed by atoms with Gasteiger partial charge in [0.05, 0.1) is 11.1 Å². The molecule has 1 aromatic carbocycles. The normalized spacial score (nSPS) is 17.3. The van der Waals surface area contributed by atoms with E-state index in [0.717, 1.165) is 24.5 Å². The van der Waals surface area contributed by atoms with Gasteiger partial charge in [-0.05, 0) is 42.2 Å². The number of hydrogen-bond acceptors (Lipinski definition) is 3. The number of hydrogen-bond donors (Lipinski definition) is 1. The largest absolute Gasteiger partial charge is 0.352 e. The number of carbonyl (C=O) groups is 1. The summed E-state index contributed by atoms with van der Waals surface area (Å²) in [4.78, 5) is 21.3. The van der Waals surface area contributed by atoms with Gasteiger partial charge >= 0.3 is 6.03 Å². The third kappa shape index (κ3) is 4.53. The quantitative estimate of drug-likeness (QED) is 0.805. The molecule has 27 heavy (non-hydrogen) atoms. The van der Waals surface area contributed by atoms with Crippen LogP contribution in [0, 0.1) is 0 Å². The van der Waals surface area contributed by atoms with Gasteiger partial charge in [-0.25, -0.2) is 9.78 Å². The second kappa shape index (κ2) is 8.61. The molecule has 0 bridgehead atoms. The Morgan fingerprint density at radius 2 is 2.00 bits per heavy atom. The summed E-state index contributed by atoms with van der Waals surface area (Å²) in [5.74, 6) is 1.27. The summed E-state index contributed by atoms with van der Waals surface area (Å²) in [5, 5.41) is 3.68. The summed E-state index contributed by atoms with van der Waals surface area (Å²) in [6.07, 6.45) is 2.63. The molecule has 1 N–H and O–H groups in total. The maximum absolute atomic E-state index is 12.8. The van der Waals surface area contributed by atoms with Crippen LogP contribution < -0.4 is 10.2 Å². The molecule has 2 heterocycles. The highest BCUT2D eigenvalue weighted by atomic mass is 35.5. The first kappa shape index (κ1) is 19.5. The van der Waals surface area contributed by atoms with Gasteiger partial charge in [0.25, 0.3) is 0 Å². The number of amides is 2. The molecule has 1 aromatic heterocycles. The smallest absolute Gasteiger partial charge is 0.322 e. The number of pyridine rings is 1. The Balaban J connectivity index is 1.66. The fourth-order valence-electron chi connectivity index (χ4n) is 3.42. The van der Waals surface area contributed by atoms with Crippen LogP contribution >= 0.6 is 11.6 Å². The second-order valence-corrected chi connectivity index (χ2v) is 7.62. The van der Waals surface area contributed by atoms with Gasteiger partial charge in [0.15, 0.2) is 0 Å². The minimum Gasteiger partial charge on any atom is -0.352 e. The third-order valence-corrected chi connectivity index (χ3v) is 5.38. The zero-order valence-electron chi connectivity index (χ0n) is 16.2. The number of rotatable bonds is 4. The number of piperazine rings is 1. The number of urea groups is 1. The first-order chi connectivity index (χ1) is 13.0. The molecule has 3 rings (SSSR count). The molecule has 1 unspecified atom stereocenters. The highest BCUT2D eigenvalue weighted by Gasteiger charge is 2.30. The Kier molecular flexibility index (Phi) is 6.22. The maximum Gasteiger partial charge on any atom is 0.322 e. The fourth-order valence-corrected chi connectivity index (χ4v) is 3.66. The molecule has 0 aliphatic carbocycles. The third-order valence-electron chi connectivity index (χ3n) is 5.08. The van der Waals surface area contributed by atoms with Crippen LogP contribution in [0.3, 0.4) is 0 Å². The zero-order chi connectivity index (χ0) is 19.4. The molecule has 0 spiro atoms. The lowest BCUT2D eigenvalue weighted by atomic mass is 10.0. The van der Waals surface area contributed by atoms with Crippen LogP contribution in [-0.4, -0.2) is 41.6 Å². The summed E-state index contributed by atoms with van der Waals surface area (Å²) >= 11 is 6.29. The number of nitrogens with one attached hydrogen (secondary N) is 1. The number of anilines is 2. The number of carbonyl (C=O) groups excluding carboxylic acids is 1.